The van der Waals surface area contributed by atoms with Gasteiger partial charge in [-0.3, -0.25) is 0 Å². The lowest BCUT2D eigenvalue weighted by Gasteiger charge is -2.06. The molecule has 0 aliphatic rings. The maximum Gasteiger partial charge on any atom is 0.0698 e. The van der Waals surface area contributed by atoms with E-state index in [0.29, 0.717) is 13.2 Å². The van der Waals surface area contributed by atoms with Crippen molar-refractivity contribution in [1.82, 2.24) is 0 Å². The highest BCUT2D eigenvalue weighted by Gasteiger charge is 1.91. The average Bonchev–Trinajstić information content (AvgIpc) is 2.21. The summed E-state index contributed by atoms with van der Waals surface area (Å²) >= 11 is 3.37. The molecule has 0 spiro atoms. The van der Waals surface area contributed by atoms with Crippen LogP contribution < -0.4 is 5.32 Å². The molecule has 3 nitrogen and oxygen atoms in total. The minimum absolute atomic E-state index is 0.0816. The molecule has 0 aromatic heterocycles. The topological polar surface area (TPSA) is 41.5 Å². The second-order valence-corrected chi connectivity index (χ2v) is 3.69. The largest absolute Gasteiger partial charge is 0.394 e. The Labute approximate surface area is 92.2 Å². The fraction of sp³-hybridized carbons (Fsp3) is 0.400. The molecule has 0 amide bonds. The maximum absolute atomic E-state index is 8.46. The van der Waals surface area contributed by atoms with Gasteiger partial charge in [0.2, 0.25) is 0 Å². The van der Waals surface area contributed by atoms with Gasteiger partial charge in [0.25, 0.3) is 0 Å². The first-order valence-electron chi connectivity index (χ1n) is 4.51. The highest BCUT2D eigenvalue weighted by Crippen LogP contribution is 2.13. The summed E-state index contributed by atoms with van der Waals surface area (Å²) in [5.74, 6) is 0. The fourth-order valence-electron chi connectivity index (χ4n) is 1.00. The van der Waals surface area contributed by atoms with Crippen molar-refractivity contribution < 1.29 is 9.84 Å². The van der Waals surface area contributed by atoms with Gasteiger partial charge in [-0.15, -0.1) is 0 Å². The minimum atomic E-state index is 0.0816. The first-order valence-corrected chi connectivity index (χ1v) is 5.30. The predicted molar refractivity (Wildman–Crippen MR) is 60.5 cm³/mol. The summed E-state index contributed by atoms with van der Waals surface area (Å²) in [7, 11) is 0. The molecular weight excluding hydrogens is 246 g/mol. The second kappa shape index (κ2) is 6.81. The summed E-state index contributed by atoms with van der Waals surface area (Å²) in [6.07, 6.45) is 0. The van der Waals surface area contributed by atoms with Crippen molar-refractivity contribution in [1.29, 1.82) is 0 Å². The summed E-state index contributed by atoms with van der Waals surface area (Å²) in [6, 6.07) is 7.96. The predicted octanol–water partition coefficient (Wildman–Crippen LogP) is 1.87. The summed E-state index contributed by atoms with van der Waals surface area (Å²) in [4.78, 5) is 0. The zero-order valence-corrected chi connectivity index (χ0v) is 9.46. The molecule has 1 aromatic rings. The monoisotopic (exact) mass is 259 g/mol. The first kappa shape index (κ1) is 11.5. The van der Waals surface area contributed by atoms with E-state index in [-0.39, 0.29) is 6.61 Å². The maximum atomic E-state index is 8.46. The van der Waals surface area contributed by atoms with Crippen LogP contribution >= 0.6 is 15.9 Å². The van der Waals surface area contributed by atoms with Crippen LogP contribution in [0.2, 0.25) is 0 Å². The quantitative estimate of drug-likeness (QED) is 0.767. The van der Waals surface area contributed by atoms with Crippen LogP contribution in [-0.4, -0.2) is 31.5 Å². The first-order chi connectivity index (χ1) is 6.83. The van der Waals surface area contributed by atoms with E-state index in [9.17, 15) is 0 Å². The highest BCUT2D eigenvalue weighted by molar-refractivity contribution is 9.10. The molecule has 0 saturated carbocycles. The third-order valence-corrected chi connectivity index (χ3v) is 2.18. The molecule has 1 aromatic carbocycles. The van der Waals surface area contributed by atoms with Gasteiger partial charge in [-0.2, -0.15) is 0 Å². The third-order valence-electron chi connectivity index (χ3n) is 1.66. The van der Waals surface area contributed by atoms with Crippen molar-refractivity contribution in [2.24, 2.45) is 0 Å². The molecular formula is C10H14BrNO2. The van der Waals surface area contributed by atoms with Crippen molar-refractivity contribution in [2.75, 3.05) is 31.7 Å². The molecule has 78 valence electrons. The van der Waals surface area contributed by atoms with Gasteiger partial charge in [0, 0.05) is 16.7 Å². The molecule has 14 heavy (non-hydrogen) atoms. The van der Waals surface area contributed by atoms with E-state index in [4.69, 9.17) is 9.84 Å². The molecule has 0 aliphatic carbocycles. The van der Waals surface area contributed by atoms with Gasteiger partial charge in [0.05, 0.1) is 19.8 Å². The SMILES string of the molecule is OCCOCCNc1ccc(Br)cc1. The number of nitrogens with one attached hydrogen (secondary N) is 1. The Morgan fingerprint density at radius 2 is 1.93 bits per heavy atom. The van der Waals surface area contributed by atoms with E-state index in [0.717, 1.165) is 16.7 Å². The van der Waals surface area contributed by atoms with Gasteiger partial charge >= 0.3 is 0 Å². The number of hydrogen-bond donors (Lipinski definition) is 2. The van der Waals surface area contributed by atoms with E-state index in [1.165, 1.54) is 0 Å². The van der Waals surface area contributed by atoms with E-state index < -0.39 is 0 Å². The van der Waals surface area contributed by atoms with Gasteiger partial charge in [-0.25, -0.2) is 0 Å². The Bertz CT molecular complexity index is 251. The summed E-state index contributed by atoms with van der Waals surface area (Å²) in [5, 5.41) is 11.7. The van der Waals surface area contributed by atoms with Crippen LogP contribution in [0.4, 0.5) is 5.69 Å². The summed E-state index contributed by atoms with van der Waals surface area (Å²) in [5.41, 5.74) is 1.07. The summed E-state index contributed by atoms with van der Waals surface area (Å²) < 4.78 is 6.18. The lowest BCUT2D eigenvalue weighted by Crippen LogP contribution is -2.11. The Balaban J connectivity index is 2.15. The molecule has 0 atom stereocenters. The lowest BCUT2D eigenvalue weighted by atomic mass is 10.3. The smallest absolute Gasteiger partial charge is 0.0698 e. The highest BCUT2D eigenvalue weighted by atomic mass is 79.9. The number of ether oxygens (including phenoxy) is 1. The van der Waals surface area contributed by atoms with Crippen LogP contribution in [-0.2, 0) is 4.74 Å². The Morgan fingerprint density at radius 1 is 1.21 bits per heavy atom. The fourth-order valence-corrected chi connectivity index (χ4v) is 1.27. The van der Waals surface area contributed by atoms with Crippen molar-refractivity contribution in [2.45, 2.75) is 0 Å². The van der Waals surface area contributed by atoms with Gasteiger partial charge < -0.3 is 15.2 Å². The number of aliphatic hydroxyl groups excluding tert-OH is 1. The number of hydrogen-bond acceptors (Lipinski definition) is 3. The van der Waals surface area contributed by atoms with Crippen molar-refractivity contribution >= 4 is 21.6 Å². The zero-order valence-electron chi connectivity index (χ0n) is 7.87. The lowest BCUT2D eigenvalue weighted by molar-refractivity contribution is 0.0992. The Morgan fingerprint density at radius 3 is 2.57 bits per heavy atom. The molecule has 0 heterocycles. The molecule has 2 N–H and O–H groups in total. The zero-order chi connectivity index (χ0) is 10.2. The van der Waals surface area contributed by atoms with Crippen LogP contribution in [0.15, 0.2) is 28.7 Å². The molecule has 0 saturated heterocycles. The van der Waals surface area contributed by atoms with E-state index in [1.54, 1.807) is 0 Å². The molecule has 4 heteroatoms. The standard InChI is InChI=1S/C10H14BrNO2/c11-9-1-3-10(4-2-9)12-5-7-14-8-6-13/h1-4,12-13H,5-8H2. The average molecular weight is 260 g/mol. The van der Waals surface area contributed by atoms with Crippen LogP contribution in [0.25, 0.3) is 0 Å². The number of benzene rings is 1. The molecule has 0 fully saturated rings. The van der Waals surface area contributed by atoms with Crippen molar-refractivity contribution in [3.8, 4) is 0 Å². The minimum Gasteiger partial charge on any atom is -0.394 e. The van der Waals surface area contributed by atoms with Crippen molar-refractivity contribution in [3.63, 3.8) is 0 Å². The Kier molecular flexibility index (Phi) is 5.59. The van der Waals surface area contributed by atoms with E-state index >= 15 is 0 Å². The third kappa shape index (κ3) is 4.60. The van der Waals surface area contributed by atoms with Gasteiger partial charge in [-0.05, 0) is 24.3 Å². The molecule has 0 radical (unpaired) electrons. The number of halogens is 1. The normalized spacial score (nSPS) is 10.1. The van der Waals surface area contributed by atoms with Crippen LogP contribution in [0.3, 0.4) is 0 Å². The van der Waals surface area contributed by atoms with Gasteiger partial charge in [-0.1, -0.05) is 15.9 Å². The number of aliphatic hydroxyl groups is 1. The molecule has 0 bridgehead atoms. The molecule has 0 unspecified atom stereocenters. The van der Waals surface area contributed by atoms with Gasteiger partial charge in [0.1, 0.15) is 0 Å². The number of rotatable bonds is 6. The number of anilines is 1. The van der Waals surface area contributed by atoms with Gasteiger partial charge in [0.15, 0.2) is 0 Å². The van der Waals surface area contributed by atoms with Crippen LogP contribution in [0.5, 0.6) is 0 Å². The van der Waals surface area contributed by atoms with E-state index in [2.05, 4.69) is 21.2 Å². The summed E-state index contributed by atoms with van der Waals surface area (Å²) in [6.45, 7) is 1.85. The van der Waals surface area contributed by atoms with Crippen LogP contribution in [0, 0.1) is 0 Å². The van der Waals surface area contributed by atoms with Crippen LogP contribution in [0.1, 0.15) is 0 Å². The Hall–Kier alpha value is -0.580. The van der Waals surface area contributed by atoms with Crippen molar-refractivity contribution in [3.05, 3.63) is 28.7 Å². The molecule has 0 aliphatic heterocycles. The van der Waals surface area contributed by atoms with E-state index in [1.807, 2.05) is 24.3 Å². The second-order valence-electron chi connectivity index (χ2n) is 2.77. The molecule has 1 rings (SSSR count).